The van der Waals surface area contributed by atoms with E-state index >= 15 is 0 Å². The Hall–Kier alpha value is -1.40. The molecule has 2 fully saturated rings. The van der Waals surface area contributed by atoms with E-state index in [0.29, 0.717) is 24.7 Å². The molecule has 1 aromatic rings. The monoisotopic (exact) mass is 323 g/mol. The standard InChI is InChI=1S/C16H21NO4S/c1-19-13-4-3-11(9-14(13)20-2)16-17(6-8-22-16)15(18)12-5-7-21-10-12/h3-4,9,12,16H,5-8,10H2,1-2H3. The zero-order chi connectivity index (χ0) is 15.5. The Morgan fingerprint density at radius 3 is 2.82 bits per heavy atom. The summed E-state index contributed by atoms with van der Waals surface area (Å²) in [6.07, 6.45) is 0.832. The van der Waals surface area contributed by atoms with Gasteiger partial charge in [0.1, 0.15) is 5.37 Å². The van der Waals surface area contributed by atoms with Gasteiger partial charge in [0.15, 0.2) is 11.5 Å². The van der Waals surface area contributed by atoms with E-state index in [-0.39, 0.29) is 17.2 Å². The van der Waals surface area contributed by atoms with Gasteiger partial charge in [-0.05, 0) is 24.1 Å². The third-order valence-electron chi connectivity index (χ3n) is 4.15. The first-order valence-corrected chi connectivity index (χ1v) is 8.51. The van der Waals surface area contributed by atoms with Crippen LogP contribution in [0.4, 0.5) is 0 Å². The third-order valence-corrected chi connectivity index (χ3v) is 5.41. The maximum absolute atomic E-state index is 12.7. The van der Waals surface area contributed by atoms with E-state index in [1.807, 2.05) is 23.1 Å². The number of thioether (sulfide) groups is 1. The number of carbonyl (C=O) groups excluding carboxylic acids is 1. The van der Waals surface area contributed by atoms with Crippen molar-refractivity contribution in [1.82, 2.24) is 4.90 Å². The molecule has 0 N–H and O–H groups in total. The summed E-state index contributed by atoms with van der Waals surface area (Å²) in [5.74, 6) is 2.59. The quantitative estimate of drug-likeness (QED) is 0.851. The van der Waals surface area contributed by atoms with Crippen LogP contribution in [0.15, 0.2) is 18.2 Å². The number of carbonyl (C=O) groups is 1. The molecule has 0 radical (unpaired) electrons. The van der Waals surface area contributed by atoms with Gasteiger partial charge in [-0.1, -0.05) is 6.07 Å². The Morgan fingerprint density at radius 2 is 2.14 bits per heavy atom. The fraction of sp³-hybridized carbons (Fsp3) is 0.562. The summed E-state index contributed by atoms with van der Waals surface area (Å²) in [5.41, 5.74) is 1.08. The van der Waals surface area contributed by atoms with Crippen molar-refractivity contribution in [2.24, 2.45) is 5.92 Å². The molecule has 5 nitrogen and oxygen atoms in total. The van der Waals surface area contributed by atoms with Gasteiger partial charge in [-0.15, -0.1) is 11.8 Å². The molecule has 6 heteroatoms. The first-order chi connectivity index (χ1) is 10.7. The molecule has 2 saturated heterocycles. The van der Waals surface area contributed by atoms with E-state index in [4.69, 9.17) is 14.2 Å². The minimum absolute atomic E-state index is 0.0151. The van der Waals surface area contributed by atoms with E-state index in [1.165, 1.54) is 0 Å². The SMILES string of the molecule is COc1ccc(C2SCCN2C(=O)C2CCOC2)cc1OC. The maximum atomic E-state index is 12.7. The normalized spacial score (nSPS) is 24.5. The molecule has 2 unspecified atom stereocenters. The van der Waals surface area contributed by atoms with Crippen molar-refractivity contribution in [2.45, 2.75) is 11.8 Å². The van der Waals surface area contributed by atoms with Crippen molar-refractivity contribution in [3.8, 4) is 11.5 Å². The van der Waals surface area contributed by atoms with Crippen LogP contribution in [0.3, 0.4) is 0 Å². The second-order valence-electron chi connectivity index (χ2n) is 5.43. The number of rotatable bonds is 4. The Labute approximate surface area is 134 Å². The van der Waals surface area contributed by atoms with Gasteiger partial charge in [-0.2, -0.15) is 0 Å². The Morgan fingerprint density at radius 1 is 1.32 bits per heavy atom. The summed E-state index contributed by atoms with van der Waals surface area (Å²) in [4.78, 5) is 14.7. The molecule has 2 aliphatic rings. The van der Waals surface area contributed by atoms with Crippen LogP contribution in [0.5, 0.6) is 11.5 Å². The second kappa shape index (κ2) is 6.79. The van der Waals surface area contributed by atoms with E-state index in [9.17, 15) is 4.79 Å². The predicted octanol–water partition coefficient (Wildman–Crippen LogP) is 2.31. The molecule has 2 atom stereocenters. The van der Waals surface area contributed by atoms with Crippen LogP contribution in [0.1, 0.15) is 17.4 Å². The lowest BCUT2D eigenvalue weighted by molar-refractivity contribution is -0.135. The van der Waals surface area contributed by atoms with Gasteiger partial charge < -0.3 is 19.1 Å². The topological polar surface area (TPSA) is 48.0 Å². The fourth-order valence-electron chi connectivity index (χ4n) is 2.94. The van der Waals surface area contributed by atoms with E-state index in [2.05, 4.69) is 0 Å². The Bertz CT molecular complexity index is 545. The highest BCUT2D eigenvalue weighted by molar-refractivity contribution is 7.99. The van der Waals surface area contributed by atoms with Crippen molar-refractivity contribution in [3.05, 3.63) is 23.8 Å². The molecule has 2 aliphatic heterocycles. The number of ether oxygens (including phenoxy) is 3. The average molecular weight is 323 g/mol. The van der Waals surface area contributed by atoms with E-state index < -0.39 is 0 Å². The van der Waals surface area contributed by atoms with E-state index in [0.717, 1.165) is 24.3 Å². The molecule has 0 aliphatic carbocycles. The third kappa shape index (κ3) is 2.90. The van der Waals surface area contributed by atoms with E-state index in [1.54, 1.807) is 26.0 Å². The fourth-order valence-corrected chi connectivity index (χ4v) is 4.20. The maximum Gasteiger partial charge on any atom is 0.229 e. The number of nitrogens with zero attached hydrogens (tertiary/aromatic N) is 1. The van der Waals surface area contributed by atoms with Crippen LogP contribution >= 0.6 is 11.8 Å². The first kappa shape index (κ1) is 15.5. The first-order valence-electron chi connectivity index (χ1n) is 7.46. The zero-order valence-electron chi connectivity index (χ0n) is 12.9. The summed E-state index contributed by atoms with van der Waals surface area (Å²) in [7, 11) is 3.25. The summed E-state index contributed by atoms with van der Waals surface area (Å²) < 4.78 is 16.0. The molecule has 0 aromatic heterocycles. The predicted molar refractivity (Wildman–Crippen MR) is 85.4 cm³/mol. The molecule has 3 rings (SSSR count). The molecule has 0 bridgehead atoms. The average Bonchev–Trinajstić information content (AvgIpc) is 3.24. The molecule has 120 valence electrons. The van der Waals surface area contributed by atoms with Crippen LogP contribution in [0.2, 0.25) is 0 Å². The minimum Gasteiger partial charge on any atom is -0.493 e. The molecular weight excluding hydrogens is 302 g/mol. The Kier molecular flexibility index (Phi) is 4.78. The van der Waals surface area contributed by atoms with Gasteiger partial charge in [0.05, 0.1) is 26.7 Å². The summed E-state index contributed by atoms with van der Waals surface area (Å²) in [6.45, 7) is 2.04. The number of methoxy groups -OCH3 is 2. The number of benzene rings is 1. The number of hydrogen-bond donors (Lipinski definition) is 0. The van der Waals surface area contributed by atoms with Crippen LogP contribution in [-0.4, -0.2) is 50.5 Å². The molecule has 0 spiro atoms. The summed E-state index contributed by atoms with van der Waals surface area (Å²) >= 11 is 1.79. The van der Waals surface area contributed by atoms with Crippen molar-refractivity contribution >= 4 is 17.7 Å². The largest absolute Gasteiger partial charge is 0.493 e. The highest BCUT2D eigenvalue weighted by atomic mass is 32.2. The van der Waals surface area contributed by atoms with Gasteiger partial charge in [0.25, 0.3) is 0 Å². The highest BCUT2D eigenvalue weighted by Gasteiger charge is 2.36. The Balaban J connectivity index is 1.82. The second-order valence-corrected chi connectivity index (χ2v) is 6.62. The molecular formula is C16H21NO4S. The van der Waals surface area contributed by atoms with Gasteiger partial charge in [-0.3, -0.25) is 4.79 Å². The summed E-state index contributed by atoms with van der Waals surface area (Å²) in [5, 5.41) is 0.0490. The molecule has 22 heavy (non-hydrogen) atoms. The van der Waals surface area contributed by atoms with Gasteiger partial charge in [-0.25, -0.2) is 0 Å². The number of hydrogen-bond acceptors (Lipinski definition) is 5. The van der Waals surface area contributed by atoms with Crippen molar-refractivity contribution in [3.63, 3.8) is 0 Å². The highest BCUT2D eigenvalue weighted by Crippen LogP contribution is 2.42. The lowest BCUT2D eigenvalue weighted by atomic mass is 10.1. The zero-order valence-corrected chi connectivity index (χ0v) is 13.7. The smallest absolute Gasteiger partial charge is 0.229 e. The lowest BCUT2D eigenvalue weighted by Crippen LogP contribution is -2.35. The van der Waals surface area contributed by atoms with Crippen molar-refractivity contribution in [2.75, 3.05) is 39.7 Å². The van der Waals surface area contributed by atoms with Gasteiger partial charge in [0, 0.05) is 18.9 Å². The molecule has 1 amide bonds. The summed E-state index contributed by atoms with van der Waals surface area (Å²) in [6, 6.07) is 5.87. The lowest BCUT2D eigenvalue weighted by Gasteiger charge is -2.26. The minimum atomic E-state index is 0.0151. The molecule has 0 saturated carbocycles. The van der Waals surface area contributed by atoms with Crippen molar-refractivity contribution < 1.29 is 19.0 Å². The van der Waals surface area contributed by atoms with Gasteiger partial charge >= 0.3 is 0 Å². The van der Waals surface area contributed by atoms with Crippen LogP contribution < -0.4 is 9.47 Å². The molecule has 2 heterocycles. The van der Waals surface area contributed by atoms with Crippen LogP contribution in [0.25, 0.3) is 0 Å². The van der Waals surface area contributed by atoms with Gasteiger partial charge in [0.2, 0.25) is 5.91 Å². The molecule has 1 aromatic carbocycles. The van der Waals surface area contributed by atoms with Crippen LogP contribution in [-0.2, 0) is 9.53 Å². The van der Waals surface area contributed by atoms with Crippen molar-refractivity contribution in [1.29, 1.82) is 0 Å². The number of amides is 1. The van der Waals surface area contributed by atoms with Crippen LogP contribution in [0, 0.1) is 5.92 Å².